The molecule has 1 atom stereocenters. The molecule has 1 aromatic heterocycles. The van der Waals surface area contributed by atoms with E-state index in [9.17, 15) is 4.57 Å². The third-order valence-corrected chi connectivity index (χ3v) is 2.86. The predicted molar refractivity (Wildman–Crippen MR) is 76.4 cm³/mol. The normalized spacial score (nSPS) is 11.8. The lowest BCUT2D eigenvalue weighted by Crippen LogP contribution is -1.96. The molecule has 2 rings (SSSR count). The number of nitrogens with zero attached hydrogens (tertiary/aromatic N) is 2. The van der Waals surface area contributed by atoms with E-state index in [1.54, 1.807) is 25.1 Å². The molecule has 112 valence electrons. The number of aryl methyl sites for hydroxylation is 2. The fraction of sp³-hybridized carbons (Fsp3) is 0.231. The topological polar surface area (TPSA) is 90.8 Å². The molecule has 0 radical (unpaired) electrons. The first-order chi connectivity index (χ1) is 9.96. The van der Waals surface area contributed by atoms with Crippen LogP contribution in [0.3, 0.4) is 0 Å². The van der Waals surface area contributed by atoms with Gasteiger partial charge in [-0.05, 0) is 31.5 Å². The summed E-state index contributed by atoms with van der Waals surface area (Å²) in [6.07, 6.45) is 0. The molecular formula is C13H15N2O5P. The first kappa shape index (κ1) is 15.3. The summed E-state index contributed by atoms with van der Waals surface area (Å²) in [6.45, 7) is 3.54. The lowest BCUT2D eigenvalue weighted by molar-refractivity contribution is 0.385. The van der Waals surface area contributed by atoms with Gasteiger partial charge in [0.1, 0.15) is 17.3 Å². The molecule has 7 nitrogen and oxygen atoms in total. The Balaban J connectivity index is 2.28. The Morgan fingerprint density at radius 1 is 1.05 bits per heavy atom. The monoisotopic (exact) mass is 310 g/mol. The molecule has 1 N–H and O–H groups in total. The van der Waals surface area contributed by atoms with Crippen LogP contribution in [0.25, 0.3) is 0 Å². The number of aromatic nitrogens is 2. The summed E-state index contributed by atoms with van der Waals surface area (Å²) in [5, 5.41) is 0. The van der Waals surface area contributed by atoms with E-state index in [-0.39, 0.29) is 5.75 Å². The first-order valence-corrected chi connectivity index (χ1v) is 7.32. The average molecular weight is 310 g/mol. The van der Waals surface area contributed by atoms with Gasteiger partial charge in [0, 0.05) is 6.07 Å². The van der Waals surface area contributed by atoms with Crippen LogP contribution in [-0.4, -0.2) is 22.0 Å². The number of hydrogen-bond acceptors (Lipinski definition) is 6. The van der Waals surface area contributed by atoms with Crippen molar-refractivity contribution in [3.63, 3.8) is 0 Å². The molecule has 1 unspecified atom stereocenters. The number of hydrogen-bond donors (Lipinski definition) is 1. The molecule has 0 aliphatic heterocycles. The highest BCUT2D eigenvalue weighted by Crippen LogP contribution is 2.31. The highest BCUT2D eigenvalue weighted by molar-refractivity contribution is 7.32. The van der Waals surface area contributed by atoms with Gasteiger partial charge in [0.05, 0.1) is 13.2 Å². The van der Waals surface area contributed by atoms with Gasteiger partial charge in [-0.2, -0.15) is 9.97 Å². The predicted octanol–water partition coefficient (Wildman–Crippen LogP) is 2.66. The number of benzene rings is 1. The van der Waals surface area contributed by atoms with E-state index < -0.39 is 8.25 Å². The Labute approximate surface area is 122 Å². The van der Waals surface area contributed by atoms with Gasteiger partial charge >= 0.3 is 8.25 Å². The van der Waals surface area contributed by atoms with Crippen LogP contribution in [0.4, 0.5) is 0 Å². The Kier molecular flexibility index (Phi) is 4.77. The minimum atomic E-state index is -3.06. The van der Waals surface area contributed by atoms with E-state index in [4.69, 9.17) is 18.9 Å². The summed E-state index contributed by atoms with van der Waals surface area (Å²) in [5.74, 6) is 1.91. The maximum Gasteiger partial charge on any atom is 0.365 e. The fourth-order valence-corrected chi connectivity index (χ4v) is 2.04. The van der Waals surface area contributed by atoms with Crippen molar-refractivity contribution >= 4 is 8.25 Å². The third kappa shape index (κ3) is 4.44. The van der Waals surface area contributed by atoms with Crippen molar-refractivity contribution in [3.8, 4) is 23.3 Å². The molecule has 2 aromatic rings. The van der Waals surface area contributed by atoms with Gasteiger partial charge in [-0.3, -0.25) is 0 Å². The molecule has 0 fully saturated rings. The second-order valence-corrected chi connectivity index (χ2v) is 4.98. The molecule has 0 spiro atoms. The Morgan fingerprint density at radius 3 is 2.38 bits per heavy atom. The first-order valence-electron chi connectivity index (χ1n) is 6.06. The maximum atomic E-state index is 10.8. The van der Waals surface area contributed by atoms with E-state index in [1.165, 1.54) is 13.2 Å². The second kappa shape index (κ2) is 6.56. The van der Waals surface area contributed by atoms with Crippen LogP contribution in [0.1, 0.15) is 11.4 Å². The van der Waals surface area contributed by atoms with Crippen molar-refractivity contribution in [2.45, 2.75) is 13.8 Å². The molecular weight excluding hydrogens is 295 g/mol. The standard InChI is InChI=1S/C13H15N2O5P/c1-8-4-10(6-11(5-8)20-21(16)17)19-13-7-12(18-3)14-9(2)15-13/h4-7,21H,1-3H3,(H,16,17). The van der Waals surface area contributed by atoms with Crippen LogP contribution in [0.15, 0.2) is 24.3 Å². The fourth-order valence-electron chi connectivity index (χ4n) is 1.72. The van der Waals surface area contributed by atoms with Crippen molar-refractivity contribution in [1.29, 1.82) is 0 Å². The zero-order valence-corrected chi connectivity index (χ0v) is 12.8. The minimum absolute atomic E-state index is 0.258. The van der Waals surface area contributed by atoms with Crippen LogP contribution < -0.4 is 14.0 Å². The van der Waals surface area contributed by atoms with Gasteiger partial charge in [-0.1, -0.05) is 0 Å². The van der Waals surface area contributed by atoms with E-state index in [0.29, 0.717) is 23.3 Å². The summed E-state index contributed by atoms with van der Waals surface area (Å²) in [4.78, 5) is 17.0. The van der Waals surface area contributed by atoms with Crippen LogP contribution in [0, 0.1) is 13.8 Å². The van der Waals surface area contributed by atoms with Gasteiger partial charge in [-0.25, -0.2) is 4.57 Å². The molecule has 1 heterocycles. The molecule has 0 bridgehead atoms. The highest BCUT2D eigenvalue weighted by Gasteiger charge is 2.07. The lowest BCUT2D eigenvalue weighted by Gasteiger charge is -2.09. The van der Waals surface area contributed by atoms with Gasteiger partial charge in [-0.15, -0.1) is 0 Å². The smallest absolute Gasteiger partial charge is 0.365 e. The zero-order valence-electron chi connectivity index (χ0n) is 11.8. The van der Waals surface area contributed by atoms with Crippen molar-refractivity contribution in [1.82, 2.24) is 9.97 Å². The molecule has 1 aromatic carbocycles. The van der Waals surface area contributed by atoms with Crippen molar-refractivity contribution in [2.24, 2.45) is 0 Å². The summed E-state index contributed by atoms with van der Waals surface area (Å²) < 4.78 is 26.2. The minimum Gasteiger partial charge on any atom is -0.481 e. The Bertz CT molecular complexity index is 678. The molecule has 8 heteroatoms. The van der Waals surface area contributed by atoms with Gasteiger partial charge in [0.2, 0.25) is 11.8 Å². The Morgan fingerprint density at radius 2 is 1.71 bits per heavy atom. The number of methoxy groups -OCH3 is 1. The summed E-state index contributed by atoms with van der Waals surface area (Å²) >= 11 is 0. The lowest BCUT2D eigenvalue weighted by atomic mass is 10.2. The van der Waals surface area contributed by atoms with Crippen LogP contribution >= 0.6 is 8.25 Å². The Hall–Kier alpha value is -2.11. The largest absolute Gasteiger partial charge is 0.481 e. The summed E-state index contributed by atoms with van der Waals surface area (Å²) in [5.41, 5.74) is 0.823. The second-order valence-electron chi connectivity index (χ2n) is 4.25. The highest BCUT2D eigenvalue weighted by atomic mass is 31.1. The van der Waals surface area contributed by atoms with Crippen molar-refractivity contribution in [3.05, 3.63) is 35.7 Å². The molecule has 0 aliphatic rings. The summed E-state index contributed by atoms with van der Waals surface area (Å²) in [6, 6.07) is 6.45. The van der Waals surface area contributed by atoms with E-state index in [1.807, 2.05) is 6.92 Å². The van der Waals surface area contributed by atoms with E-state index in [2.05, 4.69) is 9.97 Å². The van der Waals surface area contributed by atoms with E-state index >= 15 is 0 Å². The van der Waals surface area contributed by atoms with Crippen molar-refractivity contribution < 1.29 is 23.5 Å². The SMILES string of the molecule is COc1cc(Oc2cc(C)cc(O[PH](=O)O)c2)nc(C)n1. The number of rotatable bonds is 5. The molecule has 0 aliphatic carbocycles. The van der Waals surface area contributed by atoms with Crippen LogP contribution in [0.2, 0.25) is 0 Å². The maximum absolute atomic E-state index is 10.8. The average Bonchev–Trinajstić information content (AvgIpc) is 2.36. The van der Waals surface area contributed by atoms with Gasteiger partial charge in [0.15, 0.2) is 0 Å². The zero-order chi connectivity index (χ0) is 15.4. The van der Waals surface area contributed by atoms with Gasteiger partial charge in [0.25, 0.3) is 0 Å². The molecule has 0 saturated carbocycles. The van der Waals surface area contributed by atoms with Crippen LogP contribution in [0.5, 0.6) is 23.3 Å². The van der Waals surface area contributed by atoms with E-state index in [0.717, 1.165) is 5.56 Å². The quantitative estimate of drug-likeness (QED) is 0.849. The molecule has 0 saturated heterocycles. The molecule has 0 amide bonds. The van der Waals surface area contributed by atoms with Crippen molar-refractivity contribution in [2.75, 3.05) is 7.11 Å². The van der Waals surface area contributed by atoms with Crippen LogP contribution in [-0.2, 0) is 4.57 Å². The summed E-state index contributed by atoms with van der Waals surface area (Å²) in [7, 11) is -1.56. The third-order valence-electron chi connectivity index (χ3n) is 2.45. The molecule has 21 heavy (non-hydrogen) atoms. The number of ether oxygens (including phenoxy) is 2. The van der Waals surface area contributed by atoms with Gasteiger partial charge < -0.3 is 18.9 Å².